The number of pyridine rings is 1. The zero-order valence-corrected chi connectivity index (χ0v) is 12.4. The monoisotopic (exact) mass is 328 g/mol. The molecule has 124 valence electrons. The zero-order valence-electron chi connectivity index (χ0n) is 12.4. The predicted molar refractivity (Wildman–Crippen MR) is 74.8 cm³/mol. The highest BCUT2D eigenvalue weighted by Crippen LogP contribution is 2.28. The Kier molecular flexibility index (Phi) is 4.37. The van der Waals surface area contributed by atoms with Gasteiger partial charge in [0.25, 0.3) is 5.91 Å². The SMILES string of the molecule is CC(C)(N)CNC(=O)c1cn(-c2ccc(C(F)(F)F)cn2)nn1. The van der Waals surface area contributed by atoms with Crippen LogP contribution in [-0.2, 0) is 6.18 Å². The van der Waals surface area contributed by atoms with E-state index in [4.69, 9.17) is 5.73 Å². The minimum Gasteiger partial charge on any atom is -0.349 e. The van der Waals surface area contributed by atoms with Gasteiger partial charge in [0.05, 0.1) is 11.8 Å². The molecule has 2 aromatic heterocycles. The van der Waals surface area contributed by atoms with E-state index in [1.54, 1.807) is 13.8 Å². The Morgan fingerprint density at radius 2 is 2.04 bits per heavy atom. The van der Waals surface area contributed by atoms with E-state index >= 15 is 0 Å². The lowest BCUT2D eigenvalue weighted by atomic mass is 10.1. The number of hydrogen-bond donors (Lipinski definition) is 2. The van der Waals surface area contributed by atoms with E-state index in [1.807, 2.05) is 0 Å². The molecular weight excluding hydrogens is 313 g/mol. The molecule has 0 spiro atoms. The van der Waals surface area contributed by atoms with Crippen molar-refractivity contribution in [1.29, 1.82) is 0 Å². The largest absolute Gasteiger partial charge is 0.417 e. The second kappa shape index (κ2) is 5.95. The molecule has 0 fully saturated rings. The van der Waals surface area contributed by atoms with Crippen LogP contribution in [0.1, 0.15) is 29.9 Å². The van der Waals surface area contributed by atoms with Gasteiger partial charge in [-0.1, -0.05) is 5.21 Å². The molecule has 0 atom stereocenters. The number of carbonyl (C=O) groups excluding carboxylic acids is 1. The first-order chi connectivity index (χ1) is 10.6. The fourth-order valence-corrected chi connectivity index (χ4v) is 1.57. The van der Waals surface area contributed by atoms with Gasteiger partial charge < -0.3 is 11.1 Å². The molecule has 0 aliphatic heterocycles. The van der Waals surface area contributed by atoms with Crippen LogP contribution in [0.25, 0.3) is 5.82 Å². The highest BCUT2D eigenvalue weighted by atomic mass is 19.4. The van der Waals surface area contributed by atoms with E-state index in [2.05, 4.69) is 20.6 Å². The van der Waals surface area contributed by atoms with Gasteiger partial charge in [-0.2, -0.15) is 13.2 Å². The lowest BCUT2D eigenvalue weighted by Crippen LogP contribution is -2.45. The third kappa shape index (κ3) is 4.49. The van der Waals surface area contributed by atoms with Crippen LogP contribution in [0.4, 0.5) is 13.2 Å². The molecular formula is C13H15F3N6O. The summed E-state index contributed by atoms with van der Waals surface area (Å²) < 4.78 is 38.5. The molecule has 0 aliphatic rings. The lowest BCUT2D eigenvalue weighted by Gasteiger charge is -2.18. The average molecular weight is 328 g/mol. The van der Waals surface area contributed by atoms with E-state index in [0.717, 1.165) is 16.8 Å². The molecule has 2 aromatic rings. The Bertz CT molecular complexity index is 687. The van der Waals surface area contributed by atoms with Crippen LogP contribution in [0.2, 0.25) is 0 Å². The number of halogens is 3. The van der Waals surface area contributed by atoms with Crippen LogP contribution in [-0.4, -0.2) is 38.0 Å². The van der Waals surface area contributed by atoms with E-state index in [-0.39, 0.29) is 18.1 Å². The number of rotatable bonds is 4. The van der Waals surface area contributed by atoms with Gasteiger partial charge in [0.2, 0.25) is 0 Å². The molecule has 0 bridgehead atoms. The first kappa shape index (κ1) is 16.9. The van der Waals surface area contributed by atoms with Crippen LogP contribution in [0, 0.1) is 0 Å². The number of aromatic nitrogens is 4. The number of nitrogens with two attached hydrogens (primary N) is 1. The highest BCUT2D eigenvalue weighted by molar-refractivity contribution is 5.91. The number of hydrogen-bond acceptors (Lipinski definition) is 5. The van der Waals surface area contributed by atoms with Crippen molar-refractivity contribution < 1.29 is 18.0 Å². The number of nitrogens with zero attached hydrogens (tertiary/aromatic N) is 4. The summed E-state index contributed by atoms with van der Waals surface area (Å²) in [4.78, 5) is 15.5. The van der Waals surface area contributed by atoms with E-state index < -0.39 is 23.2 Å². The molecule has 3 N–H and O–H groups in total. The second-order valence-corrected chi connectivity index (χ2v) is 5.62. The second-order valence-electron chi connectivity index (χ2n) is 5.62. The molecule has 0 radical (unpaired) electrons. The maximum atomic E-state index is 12.5. The van der Waals surface area contributed by atoms with Gasteiger partial charge in [-0.05, 0) is 26.0 Å². The van der Waals surface area contributed by atoms with Gasteiger partial charge >= 0.3 is 6.18 Å². The van der Waals surface area contributed by atoms with Gasteiger partial charge in [-0.3, -0.25) is 4.79 Å². The van der Waals surface area contributed by atoms with Crippen molar-refractivity contribution in [1.82, 2.24) is 25.3 Å². The van der Waals surface area contributed by atoms with Crippen molar-refractivity contribution in [3.63, 3.8) is 0 Å². The number of amides is 1. The molecule has 0 saturated heterocycles. The van der Waals surface area contributed by atoms with Gasteiger partial charge in [-0.25, -0.2) is 9.67 Å². The summed E-state index contributed by atoms with van der Waals surface area (Å²) in [5, 5.41) is 9.92. The summed E-state index contributed by atoms with van der Waals surface area (Å²) in [6, 6.07) is 2.02. The average Bonchev–Trinajstić information content (AvgIpc) is 2.93. The van der Waals surface area contributed by atoms with Crippen molar-refractivity contribution in [2.45, 2.75) is 25.6 Å². The lowest BCUT2D eigenvalue weighted by molar-refractivity contribution is -0.137. The fraction of sp³-hybridized carbons (Fsp3) is 0.385. The molecule has 10 heteroatoms. The summed E-state index contributed by atoms with van der Waals surface area (Å²) in [6.45, 7) is 3.73. The van der Waals surface area contributed by atoms with Crippen molar-refractivity contribution >= 4 is 5.91 Å². The van der Waals surface area contributed by atoms with Crippen LogP contribution < -0.4 is 11.1 Å². The Morgan fingerprint density at radius 3 is 2.57 bits per heavy atom. The standard InChI is InChI=1S/C13H15F3N6O/c1-12(2,17)7-19-11(23)9-6-22(21-20-9)10-4-3-8(5-18-10)13(14,15)16/h3-6H,7,17H2,1-2H3,(H,19,23). The normalized spacial score (nSPS) is 12.3. The first-order valence-electron chi connectivity index (χ1n) is 6.59. The molecule has 0 saturated carbocycles. The van der Waals surface area contributed by atoms with Crippen LogP contribution >= 0.6 is 0 Å². The molecule has 7 nitrogen and oxygen atoms in total. The summed E-state index contributed by atoms with van der Waals surface area (Å²) in [5.74, 6) is -0.370. The minimum atomic E-state index is -4.46. The Morgan fingerprint density at radius 1 is 1.35 bits per heavy atom. The van der Waals surface area contributed by atoms with Crippen molar-refractivity contribution in [2.75, 3.05) is 6.54 Å². The van der Waals surface area contributed by atoms with Crippen molar-refractivity contribution in [3.05, 3.63) is 35.8 Å². The quantitative estimate of drug-likeness (QED) is 0.877. The highest BCUT2D eigenvalue weighted by Gasteiger charge is 2.30. The summed E-state index contributed by atoms with van der Waals surface area (Å²) in [7, 11) is 0. The molecule has 0 aromatic carbocycles. The Hall–Kier alpha value is -2.49. The molecule has 2 heterocycles. The van der Waals surface area contributed by atoms with E-state index in [9.17, 15) is 18.0 Å². The van der Waals surface area contributed by atoms with Gasteiger partial charge in [-0.15, -0.1) is 5.10 Å². The zero-order chi connectivity index (χ0) is 17.3. The topological polar surface area (TPSA) is 98.7 Å². The maximum Gasteiger partial charge on any atom is 0.417 e. The van der Waals surface area contributed by atoms with Gasteiger partial charge in [0.15, 0.2) is 11.5 Å². The molecule has 23 heavy (non-hydrogen) atoms. The number of alkyl halides is 3. The third-order valence-electron chi connectivity index (χ3n) is 2.74. The van der Waals surface area contributed by atoms with E-state index in [0.29, 0.717) is 6.20 Å². The Labute approximate surface area is 129 Å². The minimum absolute atomic E-state index is 0.0101. The molecule has 2 rings (SSSR count). The third-order valence-corrected chi connectivity index (χ3v) is 2.74. The fourth-order valence-electron chi connectivity index (χ4n) is 1.57. The first-order valence-corrected chi connectivity index (χ1v) is 6.59. The van der Waals surface area contributed by atoms with Crippen molar-refractivity contribution in [2.24, 2.45) is 5.73 Å². The van der Waals surface area contributed by atoms with Gasteiger partial charge in [0, 0.05) is 18.3 Å². The molecule has 0 aliphatic carbocycles. The Balaban J connectivity index is 2.11. The van der Waals surface area contributed by atoms with Gasteiger partial charge in [0.1, 0.15) is 0 Å². The molecule has 0 unspecified atom stereocenters. The predicted octanol–water partition coefficient (Wildman–Crippen LogP) is 1.15. The van der Waals surface area contributed by atoms with Crippen LogP contribution in [0.3, 0.4) is 0 Å². The summed E-state index contributed by atoms with van der Waals surface area (Å²) >= 11 is 0. The smallest absolute Gasteiger partial charge is 0.349 e. The summed E-state index contributed by atoms with van der Waals surface area (Å²) in [6.07, 6.45) is -2.50. The number of nitrogens with one attached hydrogen (secondary N) is 1. The van der Waals surface area contributed by atoms with Crippen molar-refractivity contribution in [3.8, 4) is 5.82 Å². The van der Waals surface area contributed by atoms with E-state index in [1.165, 1.54) is 6.20 Å². The van der Waals surface area contributed by atoms with Crippen LogP contribution in [0.15, 0.2) is 24.5 Å². The summed E-state index contributed by atoms with van der Waals surface area (Å²) in [5.41, 5.74) is 4.31. The van der Waals surface area contributed by atoms with Crippen LogP contribution in [0.5, 0.6) is 0 Å². The molecule has 1 amide bonds. The number of carbonyl (C=O) groups is 1. The maximum absolute atomic E-state index is 12.5.